The predicted octanol–water partition coefficient (Wildman–Crippen LogP) is 4.76. The van der Waals surface area contributed by atoms with Gasteiger partial charge in [0.25, 0.3) is 5.91 Å². The first-order valence-corrected chi connectivity index (χ1v) is 12.5. The van der Waals surface area contributed by atoms with E-state index in [-0.39, 0.29) is 41.9 Å². The third kappa shape index (κ3) is 4.85. The van der Waals surface area contributed by atoms with E-state index in [4.69, 9.17) is 9.15 Å². The van der Waals surface area contributed by atoms with Crippen molar-refractivity contribution in [3.8, 4) is 5.75 Å². The molecule has 0 bridgehead atoms. The topological polar surface area (TPSA) is 75.9 Å². The summed E-state index contributed by atoms with van der Waals surface area (Å²) in [5, 5.41) is 0. The molecule has 8 heteroatoms. The van der Waals surface area contributed by atoms with Crippen LogP contribution < -0.4 is 4.74 Å². The molecule has 1 aromatic heterocycles. The zero-order valence-electron chi connectivity index (χ0n) is 20.6. The quantitative estimate of drug-likeness (QED) is 0.454. The van der Waals surface area contributed by atoms with Crippen molar-refractivity contribution in [2.75, 3.05) is 19.6 Å². The van der Waals surface area contributed by atoms with E-state index in [0.29, 0.717) is 31.3 Å². The number of hydrogen-bond acceptors (Lipinski definition) is 5. The molecule has 36 heavy (non-hydrogen) atoms. The van der Waals surface area contributed by atoms with E-state index in [0.717, 1.165) is 36.0 Å². The maximum absolute atomic E-state index is 14.2. The summed E-state index contributed by atoms with van der Waals surface area (Å²) in [6, 6.07) is 11.9. The van der Waals surface area contributed by atoms with Gasteiger partial charge in [0.15, 0.2) is 12.3 Å². The van der Waals surface area contributed by atoms with Crippen molar-refractivity contribution in [3.63, 3.8) is 0 Å². The minimum atomic E-state index is -0.374. The van der Waals surface area contributed by atoms with Crippen LogP contribution in [0.15, 0.2) is 53.1 Å². The van der Waals surface area contributed by atoms with Crippen molar-refractivity contribution in [1.29, 1.82) is 0 Å². The highest BCUT2D eigenvalue weighted by Crippen LogP contribution is 2.41. The molecule has 7 nitrogen and oxygen atoms in total. The summed E-state index contributed by atoms with van der Waals surface area (Å²) in [4.78, 5) is 33.5. The van der Waals surface area contributed by atoms with Crippen molar-refractivity contribution in [2.24, 2.45) is 5.92 Å². The third-order valence-corrected chi connectivity index (χ3v) is 6.90. The fourth-order valence-electron chi connectivity index (χ4n) is 4.81. The number of ether oxygens (including phenoxy) is 1. The maximum Gasteiger partial charge on any atom is 0.275 e. The first-order valence-electron chi connectivity index (χ1n) is 12.5. The number of amides is 2. The number of hydrogen-bond donors (Lipinski definition) is 0. The summed E-state index contributed by atoms with van der Waals surface area (Å²) in [7, 11) is 0. The summed E-state index contributed by atoms with van der Waals surface area (Å²) in [6.45, 7) is 5.67. The number of halogens is 1. The second-order valence-electron chi connectivity index (χ2n) is 9.27. The first kappa shape index (κ1) is 24.0. The van der Waals surface area contributed by atoms with Crippen molar-refractivity contribution in [1.82, 2.24) is 14.8 Å². The lowest BCUT2D eigenvalue weighted by atomic mass is 9.87. The van der Waals surface area contributed by atoms with Gasteiger partial charge in [0, 0.05) is 25.6 Å². The first-order chi connectivity index (χ1) is 17.5. The number of benzene rings is 2. The second-order valence-corrected chi connectivity index (χ2v) is 9.27. The molecule has 0 spiro atoms. The van der Waals surface area contributed by atoms with Gasteiger partial charge in [-0.25, -0.2) is 9.37 Å². The fraction of sp³-hybridized carbons (Fsp3) is 0.393. The normalized spacial score (nSPS) is 17.0. The highest BCUT2D eigenvalue weighted by molar-refractivity contribution is 5.91. The Kier molecular flexibility index (Phi) is 6.76. The number of rotatable bonds is 8. The van der Waals surface area contributed by atoms with Gasteiger partial charge in [-0.3, -0.25) is 9.59 Å². The van der Waals surface area contributed by atoms with Crippen LogP contribution in [0.2, 0.25) is 0 Å². The van der Waals surface area contributed by atoms with Crippen LogP contribution in [0.4, 0.5) is 4.39 Å². The molecule has 0 radical (unpaired) electrons. The Hall–Kier alpha value is -3.68. The minimum absolute atomic E-state index is 0.0552. The van der Waals surface area contributed by atoms with Crippen LogP contribution >= 0.6 is 0 Å². The van der Waals surface area contributed by atoms with Gasteiger partial charge >= 0.3 is 0 Å². The lowest BCUT2D eigenvalue weighted by Crippen LogP contribution is -2.41. The summed E-state index contributed by atoms with van der Waals surface area (Å²) in [5.41, 5.74) is 3.04. The van der Waals surface area contributed by atoms with Gasteiger partial charge in [-0.2, -0.15) is 0 Å². The molecule has 2 heterocycles. The Labute approximate surface area is 209 Å². The molecule has 2 amide bonds. The summed E-state index contributed by atoms with van der Waals surface area (Å²) in [6.07, 6.45) is 3.91. The molecular weight excluding hydrogens is 461 g/mol. The molecule has 1 saturated carbocycles. The molecule has 2 aliphatic rings. The highest BCUT2D eigenvalue weighted by Gasteiger charge is 2.39. The van der Waals surface area contributed by atoms with E-state index in [1.54, 1.807) is 11.0 Å². The summed E-state index contributed by atoms with van der Waals surface area (Å²) in [5.74, 6) is 0.583. The van der Waals surface area contributed by atoms with Crippen LogP contribution in [0.1, 0.15) is 65.8 Å². The molecule has 188 valence electrons. The van der Waals surface area contributed by atoms with Crippen molar-refractivity contribution in [2.45, 2.75) is 45.8 Å². The van der Waals surface area contributed by atoms with Crippen molar-refractivity contribution < 1.29 is 23.1 Å². The highest BCUT2D eigenvalue weighted by atomic mass is 19.1. The van der Waals surface area contributed by atoms with Crippen LogP contribution in [-0.4, -0.2) is 46.2 Å². The average Bonchev–Trinajstić information content (AvgIpc) is 3.64. The average molecular weight is 492 g/mol. The monoisotopic (exact) mass is 491 g/mol. The van der Waals surface area contributed by atoms with E-state index in [2.05, 4.69) is 4.98 Å². The number of nitrogens with zero attached hydrogens (tertiary/aromatic N) is 3. The van der Waals surface area contributed by atoms with Crippen molar-refractivity contribution >= 4 is 11.8 Å². The molecule has 0 unspecified atom stereocenters. The third-order valence-electron chi connectivity index (χ3n) is 6.90. The van der Waals surface area contributed by atoms with Crippen molar-refractivity contribution in [3.05, 3.63) is 82.8 Å². The lowest BCUT2D eigenvalue weighted by Gasteiger charge is -2.38. The molecule has 2 aromatic carbocycles. The molecule has 0 N–H and O–H groups in total. The number of carbonyl (C=O) groups is 2. The van der Waals surface area contributed by atoms with Crippen LogP contribution in [0.25, 0.3) is 0 Å². The number of carbonyl (C=O) groups excluding carboxylic acids is 2. The summed E-state index contributed by atoms with van der Waals surface area (Å²) >= 11 is 0. The Morgan fingerprint density at radius 3 is 2.69 bits per heavy atom. The molecule has 5 rings (SSSR count). The van der Waals surface area contributed by atoms with E-state index in [9.17, 15) is 14.0 Å². The van der Waals surface area contributed by atoms with Gasteiger partial charge in [0.1, 0.15) is 17.8 Å². The lowest BCUT2D eigenvalue weighted by molar-refractivity contribution is -0.134. The minimum Gasteiger partial charge on any atom is -0.484 e. The van der Waals surface area contributed by atoms with Crippen LogP contribution in [-0.2, 0) is 17.8 Å². The SMILES string of the molecule is CCN(CC)C(=O)c1coc(COc2ccc3c(c2)[C@@H](c2cccc(F)c2)N(C(=O)C2CC2)CC3)n1. The summed E-state index contributed by atoms with van der Waals surface area (Å²) < 4.78 is 25.6. The number of fused-ring (bicyclic) bond motifs is 1. The largest absolute Gasteiger partial charge is 0.484 e. The molecular formula is C28H30FN3O4. The van der Waals surface area contributed by atoms with E-state index >= 15 is 0 Å². The fourth-order valence-corrected chi connectivity index (χ4v) is 4.81. The number of aromatic nitrogens is 1. The second kappa shape index (κ2) is 10.1. The van der Waals surface area contributed by atoms with Gasteiger partial charge in [-0.15, -0.1) is 0 Å². The zero-order valence-corrected chi connectivity index (χ0v) is 20.6. The Morgan fingerprint density at radius 1 is 1.17 bits per heavy atom. The van der Waals surface area contributed by atoms with Gasteiger partial charge in [0.05, 0.1) is 6.04 Å². The Bertz CT molecular complexity index is 1270. The van der Waals surface area contributed by atoms with Gasteiger partial charge in [-0.1, -0.05) is 18.2 Å². The molecule has 1 atom stereocenters. The van der Waals surface area contributed by atoms with Crippen LogP contribution in [0.3, 0.4) is 0 Å². The predicted molar refractivity (Wildman–Crippen MR) is 131 cm³/mol. The van der Waals surface area contributed by atoms with E-state index in [1.807, 2.05) is 43.0 Å². The molecule has 1 aliphatic heterocycles. The molecule has 1 aliphatic carbocycles. The van der Waals surface area contributed by atoms with Crippen LogP contribution in [0.5, 0.6) is 5.75 Å². The molecule has 0 saturated heterocycles. The zero-order chi connectivity index (χ0) is 25.2. The van der Waals surface area contributed by atoms with Gasteiger partial charge in [-0.05, 0) is 74.1 Å². The number of oxazole rings is 1. The smallest absolute Gasteiger partial charge is 0.275 e. The van der Waals surface area contributed by atoms with Gasteiger partial charge < -0.3 is 19.0 Å². The Morgan fingerprint density at radius 2 is 1.97 bits per heavy atom. The molecule has 1 fully saturated rings. The Balaban J connectivity index is 1.38. The standard InChI is InChI=1S/C28H30FN3O4/c1-3-31(4-2)28(34)24-16-36-25(30-24)17-35-22-11-10-18-12-13-32(27(33)19-8-9-19)26(23(18)15-22)20-6-5-7-21(29)14-20/h5-7,10-11,14-16,19,26H,3-4,8-9,12-13,17H2,1-2H3/t26-/m1/s1. The van der Waals surface area contributed by atoms with Gasteiger partial charge in [0.2, 0.25) is 11.8 Å². The molecule has 3 aromatic rings. The van der Waals surface area contributed by atoms with Crippen LogP contribution in [0, 0.1) is 11.7 Å². The maximum atomic E-state index is 14.2. The van der Waals surface area contributed by atoms with E-state index < -0.39 is 0 Å². The van der Waals surface area contributed by atoms with E-state index in [1.165, 1.54) is 18.4 Å².